The number of phenolic OH excluding ortho intramolecular Hbond substituents is 1. The molecule has 5 nitrogen and oxygen atoms in total. The van der Waals surface area contributed by atoms with Gasteiger partial charge in [-0.25, -0.2) is 9.97 Å². The topological polar surface area (TPSA) is 81.3 Å². The summed E-state index contributed by atoms with van der Waals surface area (Å²) in [5.74, 6) is 1.56. The third kappa shape index (κ3) is 2.20. The van der Waals surface area contributed by atoms with E-state index in [1.165, 1.54) is 6.20 Å². The zero-order valence-electron chi connectivity index (χ0n) is 8.71. The number of nitrogens with zero attached hydrogens (tertiary/aromatic N) is 2. The van der Waals surface area contributed by atoms with Crippen molar-refractivity contribution in [2.24, 2.45) is 0 Å². The van der Waals surface area contributed by atoms with Gasteiger partial charge >= 0.3 is 0 Å². The van der Waals surface area contributed by atoms with Crippen LogP contribution >= 0.6 is 0 Å². The van der Waals surface area contributed by atoms with Gasteiger partial charge in [0.1, 0.15) is 11.5 Å². The molecule has 0 spiro atoms. The Kier molecular flexibility index (Phi) is 2.59. The maximum Gasteiger partial charge on any atom is 0.220 e. The van der Waals surface area contributed by atoms with Crippen molar-refractivity contribution in [1.29, 1.82) is 0 Å². The quantitative estimate of drug-likeness (QED) is 0.802. The van der Waals surface area contributed by atoms with Crippen LogP contribution in [-0.4, -0.2) is 15.1 Å². The Bertz CT molecular complexity index is 497. The van der Waals surface area contributed by atoms with Crippen LogP contribution in [0.5, 0.6) is 17.2 Å². The predicted octanol–water partition coefficient (Wildman–Crippen LogP) is 1.87. The van der Waals surface area contributed by atoms with Gasteiger partial charge in [-0.2, -0.15) is 0 Å². The molecule has 16 heavy (non-hydrogen) atoms. The van der Waals surface area contributed by atoms with Crippen LogP contribution in [0, 0.1) is 6.92 Å². The third-order valence-corrected chi connectivity index (χ3v) is 2.02. The maximum atomic E-state index is 9.12. The van der Waals surface area contributed by atoms with Crippen molar-refractivity contribution in [3.8, 4) is 17.2 Å². The molecule has 0 amide bonds. The molecule has 0 unspecified atom stereocenters. The molecule has 2 rings (SSSR count). The zero-order chi connectivity index (χ0) is 11.5. The molecule has 3 N–H and O–H groups in total. The molecule has 2 aromatic rings. The molecule has 0 aliphatic rings. The van der Waals surface area contributed by atoms with Gasteiger partial charge in [0.05, 0.1) is 11.9 Å². The number of hydrogen-bond donors (Lipinski definition) is 2. The van der Waals surface area contributed by atoms with Gasteiger partial charge in [0.2, 0.25) is 5.95 Å². The lowest BCUT2D eigenvalue weighted by atomic mass is 10.3. The second kappa shape index (κ2) is 4.06. The second-order valence-corrected chi connectivity index (χ2v) is 3.27. The van der Waals surface area contributed by atoms with Crippen LogP contribution < -0.4 is 10.5 Å². The summed E-state index contributed by atoms with van der Waals surface area (Å²) in [5, 5.41) is 9.12. The first kappa shape index (κ1) is 10.2. The normalized spacial score (nSPS) is 10.1. The molecule has 1 heterocycles. The highest BCUT2D eigenvalue weighted by atomic mass is 16.5. The predicted molar refractivity (Wildman–Crippen MR) is 59.4 cm³/mol. The average Bonchev–Trinajstić information content (AvgIpc) is 2.25. The summed E-state index contributed by atoms with van der Waals surface area (Å²) in [6.07, 6.45) is 1.52. The third-order valence-electron chi connectivity index (χ3n) is 2.02. The number of phenols is 1. The van der Waals surface area contributed by atoms with E-state index in [1.807, 2.05) is 0 Å². The number of nitrogen functional groups attached to an aromatic ring is 1. The average molecular weight is 217 g/mol. The lowest BCUT2D eigenvalue weighted by Gasteiger charge is -2.07. The lowest BCUT2D eigenvalue weighted by Crippen LogP contribution is -1.98. The van der Waals surface area contributed by atoms with E-state index in [9.17, 15) is 0 Å². The first-order valence-electron chi connectivity index (χ1n) is 4.71. The number of aromatic hydroxyl groups is 1. The van der Waals surface area contributed by atoms with Crippen LogP contribution in [0.4, 0.5) is 5.95 Å². The Balaban J connectivity index is 2.23. The SMILES string of the molecule is Cc1nc(N)ncc1Oc1ccc(O)cc1. The van der Waals surface area contributed by atoms with Gasteiger partial charge < -0.3 is 15.6 Å². The molecule has 0 fully saturated rings. The fourth-order valence-corrected chi connectivity index (χ4v) is 1.22. The summed E-state index contributed by atoms with van der Waals surface area (Å²) in [6, 6.07) is 6.40. The smallest absolute Gasteiger partial charge is 0.220 e. The van der Waals surface area contributed by atoms with Crippen molar-refractivity contribution in [1.82, 2.24) is 9.97 Å². The number of aryl methyl sites for hydroxylation is 1. The number of anilines is 1. The minimum atomic E-state index is 0.192. The molecule has 82 valence electrons. The molecule has 0 saturated heterocycles. The molecule has 1 aromatic carbocycles. The molecular formula is C11H11N3O2. The number of rotatable bonds is 2. The molecule has 0 saturated carbocycles. The highest BCUT2D eigenvalue weighted by Gasteiger charge is 2.03. The lowest BCUT2D eigenvalue weighted by molar-refractivity contribution is 0.460. The van der Waals surface area contributed by atoms with Gasteiger partial charge in [-0.3, -0.25) is 0 Å². The van der Waals surface area contributed by atoms with Crippen LogP contribution in [0.15, 0.2) is 30.5 Å². The van der Waals surface area contributed by atoms with Crippen LogP contribution in [0.2, 0.25) is 0 Å². The van der Waals surface area contributed by atoms with Crippen LogP contribution in [0.25, 0.3) is 0 Å². The molecule has 1 aromatic heterocycles. The first-order chi connectivity index (χ1) is 7.65. The number of hydrogen-bond acceptors (Lipinski definition) is 5. The Labute approximate surface area is 92.5 Å². The maximum absolute atomic E-state index is 9.12. The number of aromatic nitrogens is 2. The van der Waals surface area contributed by atoms with Crippen molar-refractivity contribution in [3.05, 3.63) is 36.2 Å². The van der Waals surface area contributed by atoms with Crippen molar-refractivity contribution in [2.45, 2.75) is 6.92 Å². The Morgan fingerprint density at radius 3 is 2.56 bits per heavy atom. The summed E-state index contributed by atoms with van der Waals surface area (Å²) in [5.41, 5.74) is 6.10. The largest absolute Gasteiger partial charge is 0.508 e. The number of benzene rings is 1. The molecule has 5 heteroatoms. The van der Waals surface area contributed by atoms with E-state index >= 15 is 0 Å². The Morgan fingerprint density at radius 2 is 1.94 bits per heavy atom. The number of ether oxygens (including phenoxy) is 1. The second-order valence-electron chi connectivity index (χ2n) is 3.27. The minimum absolute atomic E-state index is 0.192. The standard InChI is InChI=1S/C11H11N3O2/c1-7-10(6-13-11(12)14-7)16-9-4-2-8(15)3-5-9/h2-6,15H,1H3,(H2,12,13,14). The highest BCUT2D eigenvalue weighted by molar-refractivity contribution is 5.36. The van der Waals surface area contributed by atoms with Crippen molar-refractivity contribution in [2.75, 3.05) is 5.73 Å². The highest BCUT2D eigenvalue weighted by Crippen LogP contribution is 2.24. The summed E-state index contributed by atoms with van der Waals surface area (Å²) in [6.45, 7) is 1.79. The van der Waals surface area contributed by atoms with Gasteiger partial charge in [-0.05, 0) is 31.2 Å². The molecule has 0 radical (unpaired) electrons. The van der Waals surface area contributed by atoms with Gasteiger partial charge in [0, 0.05) is 0 Å². The molecule has 0 aliphatic carbocycles. The summed E-state index contributed by atoms with van der Waals surface area (Å²) in [7, 11) is 0. The molecular weight excluding hydrogens is 206 g/mol. The van der Waals surface area contributed by atoms with E-state index in [0.29, 0.717) is 17.2 Å². The van der Waals surface area contributed by atoms with Crippen LogP contribution in [0.1, 0.15) is 5.69 Å². The molecule has 0 atom stereocenters. The van der Waals surface area contributed by atoms with Gasteiger partial charge in [-0.1, -0.05) is 0 Å². The van der Waals surface area contributed by atoms with E-state index in [-0.39, 0.29) is 11.7 Å². The van der Waals surface area contributed by atoms with Crippen LogP contribution in [-0.2, 0) is 0 Å². The Hall–Kier alpha value is -2.30. The van der Waals surface area contributed by atoms with Gasteiger partial charge in [-0.15, -0.1) is 0 Å². The summed E-state index contributed by atoms with van der Waals surface area (Å²) < 4.78 is 5.53. The molecule has 0 bridgehead atoms. The van der Waals surface area contributed by atoms with Crippen LogP contribution in [0.3, 0.4) is 0 Å². The van der Waals surface area contributed by atoms with Crippen molar-refractivity contribution in [3.63, 3.8) is 0 Å². The van der Waals surface area contributed by atoms with E-state index in [0.717, 1.165) is 0 Å². The summed E-state index contributed by atoms with van der Waals surface area (Å²) in [4.78, 5) is 7.83. The van der Waals surface area contributed by atoms with E-state index in [4.69, 9.17) is 15.6 Å². The van der Waals surface area contributed by atoms with Gasteiger partial charge in [0.15, 0.2) is 5.75 Å². The monoisotopic (exact) mass is 217 g/mol. The zero-order valence-corrected chi connectivity index (χ0v) is 8.71. The van der Waals surface area contributed by atoms with E-state index in [1.54, 1.807) is 31.2 Å². The van der Waals surface area contributed by atoms with Crippen molar-refractivity contribution >= 4 is 5.95 Å². The fourth-order valence-electron chi connectivity index (χ4n) is 1.22. The molecule has 0 aliphatic heterocycles. The fraction of sp³-hybridized carbons (Fsp3) is 0.0909. The first-order valence-corrected chi connectivity index (χ1v) is 4.71. The Morgan fingerprint density at radius 1 is 1.25 bits per heavy atom. The summed E-state index contributed by atoms with van der Waals surface area (Å²) >= 11 is 0. The van der Waals surface area contributed by atoms with Crippen molar-refractivity contribution < 1.29 is 9.84 Å². The minimum Gasteiger partial charge on any atom is -0.508 e. The van der Waals surface area contributed by atoms with E-state index in [2.05, 4.69) is 9.97 Å². The number of nitrogens with two attached hydrogens (primary N) is 1. The van der Waals surface area contributed by atoms with Gasteiger partial charge in [0.25, 0.3) is 0 Å². The van der Waals surface area contributed by atoms with E-state index < -0.39 is 0 Å².